The number of rotatable bonds is 3. The van der Waals surface area contributed by atoms with Gasteiger partial charge < -0.3 is 10.6 Å². The van der Waals surface area contributed by atoms with Gasteiger partial charge in [0.15, 0.2) is 5.65 Å². The summed E-state index contributed by atoms with van der Waals surface area (Å²) in [4.78, 5) is 5.03. The molecule has 1 aliphatic carbocycles. The summed E-state index contributed by atoms with van der Waals surface area (Å²) in [6, 6.07) is 11.9. The van der Waals surface area contributed by atoms with Crippen molar-refractivity contribution in [2.75, 3.05) is 18.4 Å². The van der Waals surface area contributed by atoms with Crippen molar-refractivity contribution in [2.45, 2.75) is 37.6 Å². The molecule has 3 heterocycles. The van der Waals surface area contributed by atoms with Gasteiger partial charge >= 0.3 is 0 Å². The van der Waals surface area contributed by atoms with Gasteiger partial charge in [0.2, 0.25) is 0 Å². The SMILES string of the molecule is N#Cc1cccc(CNc2c3c(nc4ccnn24)C2(CCNCC2)CC3)c1. The van der Waals surface area contributed by atoms with Crippen LogP contribution in [0.3, 0.4) is 0 Å². The van der Waals surface area contributed by atoms with Gasteiger partial charge in [-0.2, -0.15) is 14.9 Å². The fourth-order valence-electron chi connectivity index (χ4n) is 4.64. The van der Waals surface area contributed by atoms with Crippen LogP contribution in [0.1, 0.15) is 41.6 Å². The van der Waals surface area contributed by atoms with E-state index in [4.69, 9.17) is 10.2 Å². The number of piperidine rings is 1. The Morgan fingerprint density at radius 3 is 2.96 bits per heavy atom. The van der Waals surface area contributed by atoms with Crippen LogP contribution in [0.15, 0.2) is 36.5 Å². The van der Waals surface area contributed by atoms with E-state index in [1.807, 2.05) is 41.0 Å². The Labute approximate surface area is 158 Å². The predicted octanol–water partition coefficient (Wildman–Crippen LogP) is 2.78. The quantitative estimate of drug-likeness (QED) is 0.753. The van der Waals surface area contributed by atoms with Crippen LogP contribution in [-0.4, -0.2) is 27.7 Å². The van der Waals surface area contributed by atoms with Gasteiger partial charge in [0.1, 0.15) is 5.82 Å². The van der Waals surface area contributed by atoms with Crippen LogP contribution < -0.4 is 10.6 Å². The maximum absolute atomic E-state index is 9.13. The van der Waals surface area contributed by atoms with Crippen LogP contribution in [0.4, 0.5) is 5.82 Å². The molecule has 27 heavy (non-hydrogen) atoms. The molecule has 2 N–H and O–H groups in total. The minimum absolute atomic E-state index is 0.212. The van der Waals surface area contributed by atoms with E-state index in [-0.39, 0.29) is 5.41 Å². The third-order valence-electron chi connectivity index (χ3n) is 6.07. The highest BCUT2D eigenvalue weighted by Gasteiger charge is 2.42. The fraction of sp³-hybridized carbons (Fsp3) is 0.381. The van der Waals surface area contributed by atoms with Crippen LogP contribution in [0.2, 0.25) is 0 Å². The molecule has 1 aromatic carbocycles. The van der Waals surface area contributed by atoms with Crippen molar-refractivity contribution in [3.8, 4) is 6.07 Å². The van der Waals surface area contributed by atoms with E-state index in [0.717, 1.165) is 49.4 Å². The van der Waals surface area contributed by atoms with E-state index in [2.05, 4.69) is 21.8 Å². The van der Waals surface area contributed by atoms with Crippen molar-refractivity contribution in [1.29, 1.82) is 5.26 Å². The molecule has 0 saturated carbocycles. The summed E-state index contributed by atoms with van der Waals surface area (Å²) in [7, 11) is 0. The fourth-order valence-corrected chi connectivity index (χ4v) is 4.64. The first-order valence-corrected chi connectivity index (χ1v) is 9.60. The van der Waals surface area contributed by atoms with Crippen LogP contribution in [0, 0.1) is 11.3 Å². The number of nitriles is 1. The van der Waals surface area contributed by atoms with Gasteiger partial charge in [0.05, 0.1) is 23.5 Å². The normalized spacial score (nSPS) is 17.7. The Bertz CT molecular complexity index is 1040. The zero-order valence-electron chi connectivity index (χ0n) is 15.2. The largest absolute Gasteiger partial charge is 0.366 e. The molecule has 136 valence electrons. The molecule has 0 radical (unpaired) electrons. The van der Waals surface area contributed by atoms with Gasteiger partial charge in [0, 0.05) is 23.6 Å². The maximum Gasteiger partial charge on any atom is 0.157 e. The Morgan fingerprint density at radius 2 is 2.11 bits per heavy atom. The molecule has 3 aromatic rings. The first-order valence-electron chi connectivity index (χ1n) is 9.60. The molecule has 1 fully saturated rings. The van der Waals surface area contributed by atoms with Crippen LogP contribution in [-0.2, 0) is 18.4 Å². The lowest BCUT2D eigenvalue weighted by Gasteiger charge is -2.34. The highest BCUT2D eigenvalue weighted by atomic mass is 15.3. The maximum atomic E-state index is 9.13. The molecular weight excluding hydrogens is 336 g/mol. The second kappa shape index (κ2) is 6.36. The minimum atomic E-state index is 0.212. The van der Waals surface area contributed by atoms with E-state index in [1.54, 1.807) is 0 Å². The van der Waals surface area contributed by atoms with Gasteiger partial charge in [-0.3, -0.25) is 0 Å². The Balaban J connectivity index is 1.54. The van der Waals surface area contributed by atoms with Gasteiger partial charge in [-0.05, 0) is 56.5 Å². The van der Waals surface area contributed by atoms with Crippen LogP contribution in [0.5, 0.6) is 0 Å². The van der Waals surface area contributed by atoms with E-state index < -0.39 is 0 Å². The third-order valence-corrected chi connectivity index (χ3v) is 6.07. The molecule has 1 aliphatic heterocycles. The van der Waals surface area contributed by atoms with Crippen molar-refractivity contribution in [2.24, 2.45) is 0 Å². The first-order chi connectivity index (χ1) is 13.3. The van der Waals surface area contributed by atoms with E-state index >= 15 is 0 Å². The second-order valence-electron chi connectivity index (χ2n) is 7.58. The number of hydrogen-bond donors (Lipinski definition) is 2. The summed E-state index contributed by atoms with van der Waals surface area (Å²) >= 11 is 0. The van der Waals surface area contributed by atoms with Crippen LogP contribution in [0.25, 0.3) is 5.65 Å². The van der Waals surface area contributed by atoms with E-state index in [0.29, 0.717) is 12.1 Å². The predicted molar refractivity (Wildman–Crippen MR) is 104 cm³/mol. The molecule has 0 bridgehead atoms. The lowest BCUT2D eigenvalue weighted by Crippen LogP contribution is -2.39. The molecule has 1 spiro atoms. The zero-order valence-corrected chi connectivity index (χ0v) is 15.2. The number of fused-ring (bicyclic) bond motifs is 3. The molecule has 0 atom stereocenters. The average molecular weight is 358 g/mol. The average Bonchev–Trinajstić information content (AvgIpc) is 3.32. The molecule has 0 amide bonds. The van der Waals surface area contributed by atoms with Gasteiger partial charge in [-0.1, -0.05) is 12.1 Å². The molecule has 2 aliphatic rings. The molecule has 6 heteroatoms. The highest BCUT2D eigenvalue weighted by Crippen LogP contribution is 2.46. The third kappa shape index (κ3) is 2.66. The van der Waals surface area contributed by atoms with Crippen molar-refractivity contribution < 1.29 is 0 Å². The van der Waals surface area contributed by atoms with Crippen LogP contribution >= 0.6 is 0 Å². The number of nitrogens with one attached hydrogen (secondary N) is 2. The van der Waals surface area contributed by atoms with Gasteiger partial charge in [-0.15, -0.1) is 0 Å². The number of hydrogen-bond acceptors (Lipinski definition) is 5. The standard InChI is InChI=1S/C21H22N6/c22-13-15-2-1-3-16(12-15)14-24-20-17-4-6-21(7-10-23-11-8-21)19(17)26-18-5-9-25-27(18)20/h1-3,5,9,12,23-24H,4,6-8,10-11,14H2. The lowest BCUT2D eigenvalue weighted by atomic mass is 9.77. The van der Waals surface area contributed by atoms with Crippen molar-refractivity contribution in [1.82, 2.24) is 19.9 Å². The Hall–Kier alpha value is -2.91. The van der Waals surface area contributed by atoms with Crippen molar-refractivity contribution >= 4 is 11.5 Å². The second-order valence-corrected chi connectivity index (χ2v) is 7.58. The number of nitrogens with zero attached hydrogens (tertiary/aromatic N) is 4. The monoisotopic (exact) mass is 358 g/mol. The van der Waals surface area contributed by atoms with Gasteiger partial charge in [-0.25, -0.2) is 4.98 Å². The summed E-state index contributed by atoms with van der Waals surface area (Å²) in [6.07, 6.45) is 6.33. The highest BCUT2D eigenvalue weighted by molar-refractivity contribution is 5.59. The molecule has 0 unspecified atom stereocenters. The lowest BCUT2D eigenvalue weighted by molar-refractivity contribution is 0.301. The van der Waals surface area contributed by atoms with Crippen molar-refractivity contribution in [3.63, 3.8) is 0 Å². The number of benzene rings is 1. The summed E-state index contributed by atoms with van der Waals surface area (Å²) in [5.41, 5.74) is 5.47. The topological polar surface area (TPSA) is 78.0 Å². The summed E-state index contributed by atoms with van der Waals surface area (Å²) in [5.74, 6) is 1.05. The van der Waals surface area contributed by atoms with Crippen molar-refractivity contribution in [3.05, 3.63) is 58.9 Å². The molecule has 2 aromatic heterocycles. The van der Waals surface area contributed by atoms with Gasteiger partial charge in [0.25, 0.3) is 0 Å². The summed E-state index contributed by atoms with van der Waals surface area (Å²) < 4.78 is 1.92. The zero-order chi connectivity index (χ0) is 18.3. The Kier molecular flexibility index (Phi) is 3.83. The Morgan fingerprint density at radius 1 is 1.22 bits per heavy atom. The molecule has 6 nitrogen and oxygen atoms in total. The minimum Gasteiger partial charge on any atom is -0.366 e. The number of aromatic nitrogens is 3. The number of anilines is 1. The smallest absolute Gasteiger partial charge is 0.157 e. The molecule has 5 rings (SSSR count). The summed E-state index contributed by atoms with van der Waals surface area (Å²) in [6.45, 7) is 2.79. The summed E-state index contributed by atoms with van der Waals surface area (Å²) in [5, 5.41) is 20.7. The van der Waals surface area contributed by atoms with E-state index in [1.165, 1.54) is 17.7 Å². The van der Waals surface area contributed by atoms with E-state index in [9.17, 15) is 0 Å². The molecular formula is C21H22N6. The molecule has 1 saturated heterocycles. The first kappa shape index (κ1) is 16.3.